The number of benzene rings is 2. The minimum Gasteiger partial charge on any atom is -0.442 e. The molecule has 0 saturated heterocycles. The number of aromatic nitrogens is 2. The van der Waals surface area contributed by atoms with Gasteiger partial charge >= 0.3 is 6.09 Å². The van der Waals surface area contributed by atoms with Gasteiger partial charge in [-0.2, -0.15) is 9.78 Å². The summed E-state index contributed by atoms with van der Waals surface area (Å²) < 4.78 is 6.44. The maximum absolute atomic E-state index is 12.5. The van der Waals surface area contributed by atoms with Gasteiger partial charge in [-0.05, 0) is 38.5 Å². The van der Waals surface area contributed by atoms with E-state index in [0.717, 1.165) is 10.2 Å². The van der Waals surface area contributed by atoms with Gasteiger partial charge in [-0.3, -0.25) is 10.1 Å². The zero-order chi connectivity index (χ0) is 19.6. The number of non-ortho nitro benzene ring substituents is 1. The van der Waals surface area contributed by atoms with Crippen LogP contribution in [0.15, 0.2) is 48.5 Å². The lowest BCUT2D eigenvalue weighted by Gasteiger charge is -2.19. The van der Waals surface area contributed by atoms with Crippen molar-refractivity contribution in [3.8, 4) is 0 Å². The molecule has 0 aliphatic carbocycles. The Morgan fingerprint density at radius 2 is 1.85 bits per heavy atom. The molecule has 0 fully saturated rings. The van der Waals surface area contributed by atoms with E-state index in [-0.39, 0.29) is 5.69 Å². The van der Waals surface area contributed by atoms with Gasteiger partial charge in [-0.25, -0.2) is 4.79 Å². The topological polar surface area (TPSA) is 87.3 Å². The van der Waals surface area contributed by atoms with E-state index in [1.54, 1.807) is 32.9 Å². The lowest BCUT2D eigenvalue weighted by Crippen LogP contribution is -2.27. The maximum Gasteiger partial charge on any atom is 0.435 e. The fourth-order valence-electron chi connectivity index (χ4n) is 2.55. The van der Waals surface area contributed by atoms with Crippen LogP contribution in [0.1, 0.15) is 32.0 Å². The first-order chi connectivity index (χ1) is 12.7. The average molecular weight is 365 g/mol. The van der Waals surface area contributed by atoms with E-state index >= 15 is 0 Å². The molecule has 2 aromatic carbocycles. The number of hydrogen-bond donors (Lipinski definition) is 0. The summed E-state index contributed by atoms with van der Waals surface area (Å²) in [5, 5.41) is 16.1. The Hall–Kier alpha value is -3.48. The van der Waals surface area contributed by atoms with E-state index in [9.17, 15) is 14.9 Å². The standard InChI is InChI=1S/C20H19N3O4/c1-20(2,3)27-19(24)22-18-13-15(23(25)26)10-11-16(18)17(21-22)12-9-14-7-5-4-6-8-14/h4-13H,1-3H3/b12-9+. The molecule has 1 aromatic heterocycles. The second-order valence-corrected chi connectivity index (χ2v) is 6.98. The molecule has 1 heterocycles. The number of nitro benzene ring substituents is 1. The Labute approximate surface area is 156 Å². The number of nitrogens with zero attached hydrogens (tertiary/aromatic N) is 3. The third kappa shape index (κ3) is 4.20. The smallest absolute Gasteiger partial charge is 0.435 e. The molecule has 0 aliphatic heterocycles. The maximum atomic E-state index is 12.5. The lowest BCUT2D eigenvalue weighted by molar-refractivity contribution is -0.384. The van der Waals surface area contributed by atoms with E-state index in [1.807, 2.05) is 36.4 Å². The van der Waals surface area contributed by atoms with E-state index in [2.05, 4.69) is 5.10 Å². The highest BCUT2D eigenvalue weighted by Crippen LogP contribution is 2.26. The number of nitro groups is 1. The zero-order valence-corrected chi connectivity index (χ0v) is 15.2. The molecule has 0 spiro atoms. The Morgan fingerprint density at radius 3 is 2.48 bits per heavy atom. The minimum absolute atomic E-state index is 0.120. The van der Waals surface area contributed by atoms with Crippen molar-refractivity contribution in [1.29, 1.82) is 0 Å². The first-order valence-corrected chi connectivity index (χ1v) is 8.38. The number of fused-ring (bicyclic) bond motifs is 1. The van der Waals surface area contributed by atoms with Crippen molar-refractivity contribution < 1.29 is 14.5 Å². The highest BCUT2D eigenvalue weighted by Gasteiger charge is 2.23. The monoisotopic (exact) mass is 365 g/mol. The van der Waals surface area contributed by atoms with Crippen molar-refractivity contribution in [2.24, 2.45) is 0 Å². The van der Waals surface area contributed by atoms with Crippen molar-refractivity contribution in [3.63, 3.8) is 0 Å². The summed E-state index contributed by atoms with van der Waals surface area (Å²) in [4.78, 5) is 23.1. The van der Waals surface area contributed by atoms with Crippen LogP contribution in [-0.4, -0.2) is 26.4 Å². The summed E-state index contributed by atoms with van der Waals surface area (Å²) in [6.07, 6.45) is 2.94. The Kier molecular flexibility index (Phi) is 4.77. The van der Waals surface area contributed by atoms with Crippen LogP contribution in [0.2, 0.25) is 0 Å². The van der Waals surface area contributed by atoms with Gasteiger partial charge in [-0.1, -0.05) is 36.4 Å². The van der Waals surface area contributed by atoms with Crippen LogP contribution in [0.25, 0.3) is 23.1 Å². The third-order valence-electron chi connectivity index (χ3n) is 3.70. The largest absolute Gasteiger partial charge is 0.442 e. The molecule has 0 aliphatic rings. The van der Waals surface area contributed by atoms with Crippen molar-refractivity contribution in [3.05, 3.63) is 69.9 Å². The first kappa shape index (κ1) is 18.3. The molecule has 3 aromatic rings. The van der Waals surface area contributed by atoms with E-state index in [0.29, 0.717) is 16.6 Å². The molecular formula is C20H19N3O4. The van der Waals surface area contributed by atoms with Gasteiger partial charge in [-0.15, -0.1) is 0 Å². The molecule has 0 N–H and O–H groups in total. The molecule has 0 saturated carbocycles. The van der Waals surface area contributed by atoms with Crippen molar-refractivity contribution in [2.75, 3.05) is 0 Å². The van der Waals surface area contributed by atoms with Gasteiger partial charge in [0.1, 0.15) is 5.60 Å². The fraction of sp³-hybridized carbons (Fsp3) is 0.200. The highest BCUT2D eigenvalue weighted by molar-refractivity contribution is 5.95. The molecular weight excluding hydrogens is 346 g/mol. The van der Waals surface area contributed by atoms with Crippen LogP contribution in [0.4, 0.5) is 10.5 Å². The van der Waals surface area contributed by atoms with Crippen molar-refractivity contribution in [2.45, 2.75) is 26.4 Å². The van der Waals surface area contributed by atoms with E-state index in [1.165, 1.54) is 12.1 Å². The number of rotatable bonds is 3. The van der Waals surface area contributed by atoms with Crippen LogP contribution in [0.5, 0.6) is 0 Å². The molecule has 0 atom stereocenters. The quantitative estimate of drug-likeness (QED) is 0.487. The van der Waals surface area contributed by atoms with E-state index in [4.69, 9.17) is 4.74 Å². The van der Waals surface area contributed by atoms with Crippen LogP contribution in [0, 0.1) is 10.1 Å². The third-order valence-corrected chi connectivity index (χ3v) is 3.70. The van der Waals surface area contributed by atoms with Gasteiger partial charge in [0.15, 0.2) is 0 Å². The SMILES string of the molecule is CC(C)(C)OC(=O)n1nc(/C=C/c2ccccc2)c2ccc([N+](=O)[O-])cc21. The fourth-order valence-corrected chi connectivity index (χ4v) is 2.55. The summed E-state index contributed by atoms with van der Waals surface area (Å²) >= 11 is 0. The van der Waals surface area contributed by atoms with Gasteiger partial charge in [0, 0.05) is 17.5 Å². The molecule has 0 radical (unpaired) electrons. The van der Waals surface area contributed by atoms with Crippen LogP contribution < -0.4 is 0 Å². The summed E-state index contributed by atoms with van der Waals surface area (Å²) in [5.74, 6) is 0. The molecule has 3 rings (SSSR count). The summed E-state index contributed by atoms with van der Waals surface area (Å²) in [6, 6.07) is 13.9. The minimum atomic E-state index is -0.712. The average Bonchev–Trinajstić information content (AvgIpc) is 2.97. The summed E-state index contributed by atoms with van der Waals surface area (Å²) in [7, 11) is 0. The predicted octanol–water partition coefficient (Wildman–Crippen LogP) is 4.90. The van der Waals surface area contributed by atoms with Gasteiger partial charge in [0.2, 0.25) is 0 Å². The molecule has 0 amide bonds. The van der Waals surface area contributed by atoms with Gasteiger partial charge in [0.05, 0.1) is 16.1 Å². The normalized spacial score (nSPS) is 11.8. The second kappa shape index (κ2) is 7.03. The lowest BCUT2D eigenvalue weighted by atomic mass is 10.1. The summed E-state index contributed by atoms with van der Waals surface area (Å²) in [6.45, 7) is 5.24. The van der Waals surface area contributed by atoms with E-state index < -0.39 is 16.6 Å². The summed E-state index contributed by atoms with van der Waals surface area (Å²) in [5.41, 5.74) is 0.988. The van der Waals surface area contributed by atoms with Crippen molar-refractivity contribution in [1.82, 2.24) is 9.78 Å². The predicted molar refractivity (Wildman–Crippen MR) is 103 cm³/mol. The first-order valence-electron chi connectivity index (χ1n) is 8.38. The van der Waals surface area contributed by atoms with Crippen LogP contribution >= 0.6 is 0 Å². The molecule has 138 valence electrons. The Balaban J connectivity index is 2.10. The number of carbonyl (C=O) groups is 1. The molecule has 7 heteroatoms. The van der Waals surface area contributed by atoms with Gasteiger partial charge in [0.25, 0.3) is 5.69 Å². The molecule has 27 heavy (non-hydrogen) atoms. The number of carbonyl (C=O) groups excluding carboxylic acids is 1. The second-order valence-electron chi connectivity index (χ2n) is 6.98. The Bertz CT molecular complexity index is 1030. The molecule has 7 nitrogen and oxygen atoms in total. The Morgan fingerprint density at radius 1 is 1.15 bits per heavy atom. The van der Waals surface area contributed by atoms with Crippen molar-refractivity contribution >= 4 is 34.8 Å². The zero-order valence-electron chi connectivity index (χ0n) is 15.2. The number of ether oxygens (including phenoxy) is 1. The highest BCUT2D eigenvalue weighted by atomic mass is 16.6. The van der Waals surface area contributed by atoms with Gasteiger partial charge < -0.3 is 4.74 Å². The molecule has 0 unspecified atom stereocenters. The van der Waals surface area contributed by atoms with Crippen LogP contribution in [-0.2, 0) is 4.74 Å². The molecule has 0 bridgehead atoms. The number of hydrogen-bond acceptors (Lipinski definition) is 5. The van der Waals surface area contributed by atoms with Crippen LogP contribution in [0.3, 0.4) is 0 Å².